The molecule has 0 radical (unpaired) electrons. The van der Waals surface area contributed by atoms with E-state index < -0.39 is 0 Å². The number of ether oxygens (including phenoxy) is 2. The fraction of sp³-hybridized carbons (Fsp3) is 0.500. The second kappa shape index (κ2) is 10.1. The summed E-state index contributed by atoms with van der Waals surface area (Å²) < 4.78 is 11.7. The second-order valence-electron chi connectivity index (χ2n) is 5.93. The second-order valence-corrected chi connectivity index (χ2v) is 5.93. The Balaban J connectivity index is 2.50. The molecule has 0 amide bonds. The molecule has 0 heterocycles. The lowest BCUT2D eigenvalue weighted by atomic mass is 10.1. The highest BCUT2D eigenvalue weighted by Gasteiger charge is 2.06. The minimum absolute atomic E-state index is 0.731. The minimum Gasteiger partial charge on any atom is -0.493 e. The molecule has 1 aromatic carbocycles. The standard InChI is InChI=1S/C20H30O2/c1-6-7-9-12-21-19-14-18(5)20(15-17(19)4)22-13-10-8-11-16(2)3/h6,11,14-15H,1,7-10,12-13H2,2-5H3. The average Bonchev–Trinajstić information content (AvgIpc) is 2.47. The Morgan fingerprint density at radius 2 is 1.45 bits per heavy atom. The van der Waals surface area contributed by atoms with Gasteiger partial charge in [0.05, 0.1) is 13.2 Å². The largest absolute Gasteiger partial charge is 0.493 e. The molecule has 0 atom stereocenters. The lowest BCUT2D eigenvalue weighted by Gasteiger charge is -2.14. The maximum absolute atomic E-state index is 5.90. The molecule has 1 aromatic rings. The molecule has 22 heavy (non-hydrogen) atoms. The van der Waals surface area contributed by atoms with E-state index in [1.54, 1.807) is 0 Å². The number of benzene rings is 1. The lowest BCUT2D eigenvalue weighted by Crippen LogP contribution is -2.02. The molecule has 0 N–H and O–H groups in total. The predicted molar refractivity (Wildman–Crippen MR) is 95.0 cm³/mol. The van der Waals surface area contributed by atoms with Crippen LogP contribution in [0.15, 0.2) is 36.4 Å². The van der Waals surface area contributed by atoms with Crippen LogP contribution in [0.3, 0.4) is 0 Å². The van der Waals surface area contributed by atoms with Crippen molar-refractivity contribution in [3.63, 3.8) is 0 Å². The number of allylic oxidation sites excluding steroid dienone is 3. The van der Waals surface area contributed by atoms with Gasteiger partial charge >= 0.3 is 0 Å². The van der Waals surface area contributed by atoms with E-state index in [1.165, 1.54) is 5.57 Å². The Labute approximate surface area is 135 Å². The van der Waals surface area contributed by atoms with Gasteiger partial charge in [-0.05, 0) is 76.6 Å². The van der Waals surface area contributed by atoms with E-state index in [1.807, 2.05) is 6.08 Å². The minimum atomic E-state index is 0.731. The third-order valence-electron chi connectivity index (χ3n) is 3.44. The molecule has 0 fully saturated rings. The summed E-state index contributed by atoms with van der Waals surface area (Å²) in [5, 5.41) is 0. The number of unbranched alkanes of at least 4 members (excludes halogenated alkanes) is 2. The van der Waals surface area contributed by atoms with Crippen LogP contribution in [-0.4, -0.2) is 13.2 Å². The van der Waals surface area contributed by atoms with Crippen molar-refractivity contribution in [2.75, 3.05) is 13.2 Å². The Kier molecular flexibility index (Phi) is 8.42. The summed E-state index contributed by atoms with van der Waals surface area (Å²) in [5.41, 5.74) is 3.63. The summed E-state index contributed by atoms with van der Waals surface area (Å²) in [6.07, 6.45) is 8.29. The van der Waals surface area contributed by atoms with E-state index >= 15 is 0 Å². The van der Waals surface area contributed by atoms with Crippen LogP contribution >= 0.6 is 0 Å². The van der Waals surface area contributed by atoms with Crippen LogP contribution in [0.2, 0.25) is 0 Å². The van der Waals surface area contributed by atoms with Crippen LogP contribution in [0.1, 0.15) is 50.7 Å². The molecule has 0 aromatic heterocycles. The Bertz CT molecular complexity index is 497. The van der Waals surface area contributed by atoms with Crippen LogP contribution in [0.4, 0.5) is 0 Å². The maximum Gasteiger partial charge on any atom is 0.122 e. The highest BCUT2D eigenvalue weighted by molar-refractivity contribution is 5.45. The van der Waals surface area contributed by atoms with Crippen molar-refractivity contribution in [1.82, 2.24) is 0 Å². The van der Waals surface area contributed by atoms with Crippen molar-refractivity contribution >= 4 is 0 Å². The van der Waals surface area contributed by atoms with Crippen molar-refractivity contribution in [2.45, 2.75) is 53.4 Å². The van der Waals surface area contributed by atoms with Crippen molar-refractivity contribution in [3.8, 4) is 11.5 Å². The quantitative estimate of drug-likeness (QED) is 0.403. The molecule has 0 saturated heterocycles. The van der Waals surface area contributed by atoms with Crippen LogP contribution < -0.4 is 9.47 Å². The summed E-state index contributed by atoms with van der Waals surface area (Å²) in [6.45, 7) is 13.6. The van der Waals surface area contributed by atoms with Crippen molar-refractivity contribution in [3.05, 3.63) is 47.6 Å². The fourth-order valence-electron chi connectivity index (χ4n) is 2.14. The maximum atomic E-state index is 5.90. The van der Waals surface area contributed by atoms with E-state index in [9.17, 15) is 0 Å². The smallest absolute Gasteiger partial charge is 0.122 e. The first-order valence-corrected chi connectivity index (χ1v) is 8.15. The van der Waals surface area contributed by atoms with Gasteiger partial charge < -0.3 is 9.47 Å². The summed E-state index contributed by atoms with van der Waals surface area (Å²) in [7, 11) is 0. The third kappa shape index (κ3) is 6.84. The molecule has 0 unspecified atom stereocenters. The molecule has 0 aliphatic carbocycles. The van der Waals surface area contributed by atoms with Gasteiger partial charge in [0.2, 0.25) is 0 Å². The molecule has 0 aliphatic heterocycles. The first-order chi connectivity index (χ1) is 10.5. The molecule has 2 heteroatoms. The normalized spacial score (nSPS) is 10.2. The van der Waals surface area contributed by atoms with Crippen molar-refractivity contribution in [2.24, 2.45) is 0 Å². The van der Waals surface area contributed by atoms with Gasteiger partial charge in [-0.15, -0.1) is 6.58 Å². The van der Waals surface area contributed by atoms with Crippen LogP contribution in [0.5, 0.6) is 11.5 Å². The summed E-state index contributed by atoms with van der Waals surface area (Å²) in [4.78, 5) is 0. The van der Waals surface area contributed by atoms with E-state index in [4.69, 9.17) is 9.47 Å². The van der Waals surface area contributed by atoms with E-state index in [-0.39, 0.29) is 0 Å². The molecule has 0 aliphatic rings. The van der Waals surface area contributed by atoms with Crippen LogP contribution in [0, 0.1) is 13.8 Å². The zero-order valence-electron chi connectivity index (χ0n) is 14.6. The summed E-state index contributed by atoms with van der Waals surface area (Å²) in [5.74, 6) is 1.92. The van der Waals surface area contributed by atoms with Gasteiger partial charge in [-0.25, -0.2) is 0 Å². The van der Waals surface area contributed by atoms with Gasteiger partial charge in [0, 0.05) is 0 Å². The fourth-order valence-corrected chi connectivity index (χ4v) is 2.14. The first-order valence-electron chi connectivity index (χ1n) is 8.15. The third-order valence-corrected chi connectivity index (χ3v) is 3.44. The summed E-state index contributed by atoms with van der Waals surface area (Å²) in [6, 6.07) is 4.16. The van der Waals surface area contributed by atoms with Gasteiger partial charge in [0.1, 0.15) is 11.5 Å². The molecule has 0 bridgehead atoms. The van der Waals surface area contributed by atoms with Gasteiger partial charge in [-0.2, -0.15) is 0 Å². The lowest BCUT2D eigenvalue weighted by molar-refractivity contribution is 0.300. The highest BCUT2D eigenvalue weighted by atomic mass is 16.5. The Hall–Kier alpha value is -1.70. The highest BCUT2D eigenvalue weighted by Crippen LogP contribution is 2.28. The Morgan fingerprint density at radius 3 is 1.91 bits per heavy atom. The van der Waals surface area contributed by atoms with Gasteiger partial charge in [0.25, 0.3) is 0 Å². The number of rotatable bonds is 10. The number of hydrogen-bond donors (Lipinski definition) is 0. The van der Waals surface area contributed by atoms with E-state index in [2.05, 4.69) is 52.5 Å². The number of hydrogen-bond acceptors (Lipinski definition) is 2. The van der Waals surface area contributed by atoms with Crippen molar-refractivity contribution < 1.29 is 9.47 Å². The van der Waals surface area contributed by atoms with E-state index in [0.717, 1.165) is 61.5 Å². The zero-order chi connectivity index (χ0) is 16.4. The summed E-state index contributed by atoms with van der Waals surface area (Å²) >= 11 is 0. The molecule has 0 saturated carbocycles. The molecule has 0 spiro atoms. The monoisotopic (exact) mass is 302 g/mol. The van der Waals surface area contributed by atoms with Gasteiger partial charge in [-0.1, -0.05) is 17.7 Å². The molecular weight excluding hydrogens is 272 g/mol. The van der Waals surface area contributed by atoms with Gasteiger partial charge in [0.15, 0.2) is 0 Å². The van der Waals surface area contributed by atoms with E-state index in [0.29, 0.717) is 0 Å². The average molecular weight is 302 g/mol. The molecular formula is C20H30O2. The molecule has 122 valence electrons. The van der Waals surface area contributed by atoms with Gasteiger partial charge in [-0.3, -0.25) is 0 Å². The first kappa shape index (κ1) is 18.3. The van der Waals surface area contributed by atoms with Crippen LogP contribution in [0.25, 0.3) is 0 Å². The molecule has 1 rings (SSSR count). The van der Waals surface area contributed by atoms with Crippen LogP contribution in [-0.2, 0) is 0 Å². The zero-order valence-corrected chi connectivity index (χ0v) is 14.6. The Morgan fingerprint density at radius 1 is 0.955 bits per heavy atom. The molecule has 2 nitrogen and oxygen atoms in total. The SMILES string of the molecule is C=CCCCOc1cc(C)c(OCCCC=C(C)C)cc1C. The topological polar surface area (TPSA) is 18.5 Å². The number of aryl methyl sites for hydroxylation is 2. The van der Waals surface area contributed by atoms with Crippen molar-refractivity contribution in [1.29, 1.82) is 0 Å². The predicted octanol–water partition coefficient (Wildman–Crippen LogP) is 5.77.